The summed E-state index contributed by atoms with van der Waals surface area (Å²) >= 11 is 0. The third-order valence-corrected chi connectivity index (χ3v) is 7.40. The second kappa shape index (κ2) is 7.05. The molecule has 1 N–H and O–H groups in total. The monoisotopic (exact) mass is 443 g/mol. The highest BCUT2D eigenvalue weighted by atomic mass is 32.2. The van der Waals surface area contributed by atoms with Crippen LogP contribution < -0.4 is 5.32 Å². The summed E-state index contributed by atoms with van der Waals surface area (Å²) in [5.74, 6) is -1.70. The van der Waals surface area contributed by atoms with Crippen LogP contribution in [0.2, 0.25) is 0 Å². The van der Waals surface area contributed by atoms with Crippen molar-refractivity contribution in [2.45, 2.75) is 36.0 Å². The van der Waals surface area contributed by atoms with Crippen molar-refractivity contribution in [3.8, 4) is 0 Å². The number of aryl methyl sites for hydroxylation is 1. The van der Waals surface area contributed by atoms with Gasteiger partial charge in [-0.1, -0.05) is 6.07 Å². The van der Waals surface area contributed by atoms with Crippen LogP contribution in [0.4, 0.5) is 13.2 Å². The number of carbonyl (C=O) groups is 1. The summed E-state index contributed by atoms with van der Waals surface area (Å²) in [5, 5.41) is 2.30. The fraction of sp³-hybridized carbons (Fsp3) is 0.500. The fourth-order valence-corrected chi connectivity index (χ4v) is 5.19. The zero-order valence-corrected chi connectivity index (χ0v) is 16.8. The van der Waals surface area contributed by atoms with Gasteiger partial charge in [-0.05, 0) is 25.0 Å². The molecule has 2 fully saturated rings. The van der Waals surface area contributed by atoms with Gasteiger partial charge in [-0.15, -0.1) is 0 Å². The topological polar surface area (TPSA) is 97.2 Å². The quantitative estimate of drug-likeness (QED) is 0.754. The Morgan fingerprint density at radius 1 is 1.23 bits per heavy atom. The van der Waals surface area contributed by atoms with Crippen molar-refractivity contribution in [3.63, 3.8) is 0 Å². The molecule has 30 heavy (non-hydrogen) atoms. The first-order valence-electron chi connectivity index (χ1n) is 9.31. The smallest absolute Gasteiger partial charge is 0.351 e. The molecule has 0 spiro atoms. The van der Waals surface area contributed by atoms with Gasteiger partial charge in [-0.3, -0.25) is 9.78 Å². The average Bonchev–Trinajstić information content (AvgIpc) is 3.24. The molecule has 1 aliphatic carbocycles. The molecule has 1 amide bonds. The number of rotatable bonds is 5. The number of halogens is 3. The maximum Gasteiger partial charge on any atom is 0.403 e. The van der Waals surface area contributed by atoms with Crippen LogP contribution in [0.15, 0.2) is 41.9 Å². The first kappa shape index (κ1) is 20.8. The molecule has 12 heteroatoms. The van der Waals surface area contributed by atoms with Gasteiger partial charge < -0.3 is 9.88 Å². The van der Waals surface area contributed by atoms with Crippen molar-refractivity contribution in [1.82, 2.24) is 24.2 Å². The van der Waals surface area contributed by atoms with Crippen LogP contribution in [0.1, 0.15) is 24.5 Å². The number of imidazole rings is 1. The van der Waals surface area contributed by atoms with Gasteiger partial charge in [0.25, 0.3) is 10.0 Å². The molecule has 2 atom stereocenters. The lowest BCUT2D eigenvalue weighted by Gasteiger charge is -2.24. The molecule has 0 bridgehead atoms. The molecule has 1 saturated heterocycles. The van der Waals surface area contributed by atoms with Crippen LogP contribution in [-0.2, 0) is 21.9 Å². The van der Waals surface area contributed by atoms with Crippen LogP contribution in [0, 0.1) is 5.41 Å². The number of nitrogens with one attached hydrogen (secondary N) is 1. The van der Waals surface area contributed by atoms with Crippen molar-refractivity contribution in [1.29, 1.82) is 0 Å². The van der Waals surface area contributed by atoms with E-state index in [0.29, 0.717) is 5.69 Å². The predicted octanol–water partition coefficient (Wildman–Crippen LogP) is 1.43. The van der Waals surface area contributed by atoms with E-state index in [9.17, 15) is 26.4 Å². The molecule has 162 valence electrons. The number of sulfonamides is 1. The van der Waals surface area contributed by atoms with Crippen molar-refractivity contribution in [3.05, 3.63) is 42.6 Å². The zero-order valence-electron chi connectivity index (χ0n) is 16.0. The summed E-state index contributed by atoms with van der Waals surface area (Å²) in [5.41, 5.74) is -1.88. The summed E-state index contributed by atoms with van der Waals surface area (Å²) in [4.78, 5) is 20.6. The Hall–Kier alpha value is -2.47. The number of amides is 1. The van der Waals surface area contributed by atoms with E-state index in [2.05, 4.69) is 15.3 Å². The molecule has 4 rings (SSSR count). The maximum absolute atomic E-state index is 13.3. The molecule has 0 aromatic carbocycles. The highest BCUT2D eigenvalue weighted by molar-refractivity contribution is 7.89. The van der Waals surface area contributed by atoms with Gasteiger partial charge >= 0.3 is 6.18 Å². The van der Waals surface area contributed by atoms with E-state index >= 15 is 0 Å². The third-order valence-electron chi connectivity index (χ3n) is 5.68. The molecule has 2 unspecified atom stereocenters. The number of nitrogens with zero attached hydrogens (tertiary/aromatic N) is 4. The van der Waals surface area contributed by atoms with Gasteiger partial charge in [0.1, 0.15) is 5.41 Å². The molecule has 2 aromatic rings. The number of carbonyl (C=O) groups excluding carboxylic acids is 1. The van der Waals surface area contributed by atoms with Crippen molar-refractivity contribution >= 4 is 15.9 Å². The summed E-state index contributed by atoms with van der Waals surface area (Å²) < 4.78 is 68.6. The summed E-state index contributed by atoms with van der Waals surface area (Å²) in [6, 6.07) is 4.20. The zero-order chi connectivity index (χ0) is 21.7. The standard InChI is InChI=1S/C18H20F3N5O3S/c1-25-10-15(23-11-25)30(28,29)26-8-12(13-4-2-3-7-22-13)14(9-26)24-16(27)17(5-6-17)18(19,20)21/h2-4,7,10-12,14H,5-6,8-9H2,1H3,(H,24,27). The van der Waals surface area contributed by atoms with Gasteiger partial charge in [0.15, 0.2) is 5.03 Å². The summed E-state index contributed by atoms with van der Waals surface area (Å²) in [6.07, 6.45) is -0.963. The van der Waals surface area contributed by atoms with Crippen molar-refractivity contribution < 1.29 is 26.4 Å². The van der Waals surface area contributed by atoms with E-state index in [4.69, 9.17) is 0 Å². The normalized spacial score (nSPS) is 24.0. The first-order chi connectivity index (χ1) is 14.0. The van der Waals surface area contributed by atoms with Gasteiger partial charge in [0.2, 0.25) is 5.91 Å². The highest BCUT2D eigenvalue weighted by Crippen LogP contribution is 2.57. The second-order valence-corrected chi connectivity index (χ2v) is 9.61. The van der Waals surface area contributed by atoms with Gasteiger partial charge in [-0.25, -0.2) is 13.4 Å². The Morgan fingerprint density at radius 2 is 1.97 bits per heavy atom. The van der Waals surface area contributed by atoms with E-state index < -0.39 is 39.5 Å². The average molecular weight is 443 g/mol. The van der Waals surface area contributed by atoms with Crippen molar-refractivity contribution in [2.24, 2.45) is 12.5 Å². The van der Waals surface area contributed by atoms with Crippen LogP contribution >= 0.6 is 0 Å². The Labute approximate surface area is 171 Å². The second-order valence-electron chi connectivity index (χ2n) is 7.72. The predicted molar refractivity (Wildman–Crippen MR) is 98.6 cm³/mol. The number of aromatic nitrogens is 3. The minimum Gasteiger partial charge on any atom is -0.351 e. The minimum absolute atomic E-state index is 0.0279. The molecule has 2 aromatic heterocycles. The number of alkyl halides is 3. The van der Waals surface area contributed by atoms with Crippen molar-refractivity contribution in [2.75, 3.05) is 13.1 Å². The number of pyridine rings is 1. The Balaban J connectivity index is 1.62. The number of hydrogen-bond donors (Lipinski definition) is 1. The lowest BCUT2D eigenvalue weighted by molar-refractivity contribution is -0.192. The Bertz CT molecular complexity index is 1050. The molecule has 1 aliphatic heterocycles. The number of hydrogen-bond acceptors (Lipinski definition) is 5. The largest absolute Gasteiger partial charge is 0.403 e. The van der Waals surface area contributed by atoms with Gasteiger partial charge in [0.05, 0.1) is 12.4 Å². The van der Waals surface area contributed by atoms with Gasteiger partial charge in [0, 0.05) is 44.1 Å². The molecular formula is C18H20F3N5O3S. The van der Waals surface area contributed by atoms with Crippen LogP contribution in [0.5, 0.6) is 0 Å². The van der Waals surface area contributed by atoms with Gasteiger partial charge in [-0.2, -0.15) is 17.5 Å². The maximum atomic E-state index is 13.3. The minimum atomic E-state index is -4.64. The van der Waals surface area contributed by atoms with Crippen LogP contribution in [0.3, 0.4) is 0 Å². The third kappa shape index (κ3) is 3.47. The molecule has 3 heterocycles. The molecule has 2 aliphatic rings. The SMILES string of the molecule is Cn1cnc(S(=O)(=O)N2CC(NC(=O)C3(C(F)(F)F)CC3)C(c3ccccn3)C2)c1. The summed E-state index contributed by atoms with van der Waals surface area (Å²) in [6.45, 7) is -0.195. The van der Waals surface area contributed by atoms with E-state index in [0.717, 1.165) is 4.31 Å². The first-order valence-corrected chi connectivity index (χ1v) is 10.8. The Kier molecular flexibility index (Phi) is 4.88. The van der Waals surface area contributed by atoms with E-state index in [1.807, 2.05) is 0 Å². The molecule has 0 radical (unpaired) electrons. The van der Waals surface area contributed by atoms with E-state index in [1.54, 1.807) is 25.2 Å². The van der Waals surface area contributed by atoms with Crippen LogP contribution in [0.25, 0.3) is 0 Å². The molecular weight excluding hydrogens is 423 g/mol. The molecule has 1 saturated carbocycles. The van der Waals surface area contributed by atoms with E-state index in [-0.39, 0.29) is 31.0 Å². The fourth-order valence-electron chi connectivity index (χ4n) is 3.73. The van der Waals surface area contributed by atoms with Crippen LogP contribution in [-0.4, -0.2) is 58.5 Å². The summed E-state index contributed by atoms with van der Waals surface area (Å²) in [7, 11) is -2.35. The lowest BCUT2D eigenvalue weighted by Crippen LogP contribution is -2.48. The lowest BCUT2D eigenvalue weighted by atomic mass is 9.97. The van der Waals surface area contributed by atoms with E-state index in [1.165, 1.54) is 23.3 Å². The molecule has 8 nitrogen and oxygen atoms in total. The Morgan fingerprint density at radius 3 is 2.50 bits per heavy atom. The highest BCUT2D eigenvalue weighted by Gasteiger charge is 2.68.